The summed E-state index contributed by atoms with van der Waals surface area (Å²) in [6.07, 6.45) is 0.392. The lowest BCUT2D eigenvalue weighted by Crippen LogP contribution is -3.00. The third-order valence-electron chi connectivity index (χ3n) is 11.3. The largest absolute Gasteiger partial charge is 1.15 e. The summed E-state index contributed by atoms with van der Waals surface area (Å²) in [5, 5.41) is 23.6. The van der Waals surface area contributed by atoms with Gasteiger partial charge < -0.3 is 36.7 Å². The van der Waals surface area contributed by atoms with Crippen molar-refractivity contribution in [2.45, 2.75) is 26.7 Å². The molecule has 5 saturated heterocycles. The molecule has 0 saturated carbocycles. The minimum absolute atomic E-state index is 0. The molecule has 0 aliphatic carbocycles. The Morgan fingerprint density at radius 2 is 0.884 bits per heavy atom. The number of halogens is 5. The molecule has 69 heavy (non-hydrogen) atoms. The van der Waals surface area contributed by atoms with Crippen LogP contribution in [0.1, 0.15) is 26.7 Å². The minimum Gasteiger partial charge on any atom is -1.00 e. The maximum atomic E-state index is 13.7. The van der Waals surface area contributed by atoms with Crippen molar-refractivity contribution in [3.63, 3.8) is 0 Å². The maximum Gasteiger partial charge on any atom is 1.15 e. The minimum atomic E-state index is -3.85. The number of aliphatic carboxylic acids is 2. The summed E-state index contributed by atoms with van der Waals surface area (Å²) in [5.41, 5.74) is 0. The number of likely N-dealkylation sites (tertiary alicyclic amines) is 2. The van der Waals surface area contributed by atoms with Crippen LogP contribution in [0.3, 0.4) is 0 Å². The number of nitrogens with one attached hydrogen (secondary N) is 2. The van der Waals surface area contributed by atoms with Gasteiger partial charge in [-0.25, -0.2) is 30.1 Å². The van der Waals surface area contributed by atoms with E-state index in [4.69, 9.17) is 40.4 Å². The Morgan fingerprint density at radius 1 is 0.594 bits per heavy atom. The SMILES string of the molecule is CC1CC(=O)N(CCNC(=O)CN2CCN(CC(=O)O)CCN(CC(=O)O)CC2)C1=O.CC1CC(=O)N(CCNC(=O)CN2CCN3CCN(CC2)CC(=O)[O][Al]([18F])[O]C(=O)C3)C1=O.[18F-].[Cl][Al]([Cl])[Cl]. The highest BCUT2D eigenvalue weighted by Gasteiger charge is 2.43. The van der Waals surface area contributed by atoms with E-state index in [1.807, 2.05) is 9.80 Å². The van der Waals surface area contributed by atoms with E-state index >= 15 is 0 Å². The zero-order valence-electron chi connectivity index (χ0n) is 38.5. The predicted octanol–water partition coefficient (Wildman–Crippen LogP) is -6.25. The average Bonchev–Trinajstić information content (AvgIpc) is 3.68. The van der Waals surface area contributed by atoms with Crippen molar-refractivity contribution in [3.8, 4) is 0 Å². The van der Waals surface area contributed by atoms with E-state index in [9.17, 15) is 51.5 Å². The molecule has 5 heterocycles. The number of rotatable bonds is 14. The van der Waals surface area contributed by atoms with Crippen LogP contribution in [0.2, 0.25) is 0 Å². The second-order valence-electron chi connectivity index (χ2n) is 16.6. The van der Waals surface area contributed by atoms with Crippen LogP contribution in [0.5, 0.6) is 0 Å². The van der Waals surface area contributed by atoms with Crippen molar-refractivity contribution in [1.82, 2.24) is 49.8 Å². The van der Waals surface area contributed by atoms with Gasteiger partial charge in [-0.1, -0.05) is 13.8 Å². The number of carbonyl (C=O) groups is 10. The first kappa shape index (κ1) is 61.8. The first-order chi connectivity index (χ1) is 32.1. The van der Waals surface area contributed by atoms with Crippen molar-refractivity contribution in [2.75, 3.05) is 144 Å². The Morgan fingerprint density at radius 3 is 1.17 bits per heavy atom. The monoisotopic (exact) mass is 1080 g/mol. The molecule has 24 nitrogen and oxygen atoms in total. The van der Waals surface area contributed by atoms with Gasteiger partial charge in [0.2, 0.25) is 35.4 Å². The van der Waals surface area contributed by atoms with Gasteiger partial charge >= 0.3 is 38.6 Å². The molecule has 0 spiro atoms. The summed E-state index contributed by atoms with van der Waals surface area (Å²) in [5.74, 6) is -5.57. The van der Waals surface area contributed by atoms with Crippen LogP contribution in [-0.2, 0) is 55.5 Å². The first-order valence-corrected chi connectivity index (χ1v) is 28.7. The highest BCUT2D eigenvalue weighted by molar-refractivity contribution is 7.54. The maximum absolute atomic E-state index is 13.7. The summed E-state index contributed by atoms with van der Waals surface area (Å²) < 4.78 is 23.0. The molecule has 2 bridgehead atoms. The van der Waals surface area contributed by atoms with E-state index < -0.39 is 50.5 Å². The molecule has 4 unspecified atom stereocenters. The van der Waals surface area contributed by atoms with Gasteiger partial charge in [-0.05, 0) is 0 Å². The van der Waals surface area contributed by atoms with E-state index in [1.165, 1.54) is 9.80 Å². The van der Waals surface area contributed by atoms with Crippen molar-refractivity contribution in [1.29, 1.82) is 0 Å². The van der Waals surface area contributed by atoms with E-state index in [1.54, 1.807) is 33.4 Å². The van der Waals surface area contributed by atoms with Gasteiger partial charge in [-0.2, -0.15) is 0 Å². The number of hydrogen-bond acceptors (Lipinski definition) is 18. The molecule has 4 atom stereocenters. The van der Waals surface area contributed by atoms with Crippen LogP contribution in [0.15, 0.2) is 0 Å². The Labute approximate surface area is 420 Å². The highest BCUT2D eigenvalue weighted by Crippen LogP contribution is 2.19. The third-order valence-corrected chi connectivity index (χ3v) is 12.2. The second-order valence-corrected chi connectivity index (χ2v) is 24.1. The number of carboxylic acid groups (broad SMARTS) is 2. The number of fused-ring (bicyclic) bond motifs is 3. The summed E-state index contributed by atoms with van der Waals surface area (Å²) >= 11 is -5.57. The molecule has 6 amide bonds. The van der Waals surface area contributed by atoms with E-state index in [-0.39, 0.29) is 130 Å². The molecule has 0 aromatic heterocycles. The fourth-order valence-corrected chi connectivity index (χ4v) is 8.28. The van der Waals surface area contributed by atoms with Crippen LogP contribution >= 0.6 is 30.1 Å². The summed E-state index contributed by atoms with van der Waals surface area (Å²) in [6, 6.07) is 0. The van der Waals surface area contributed by atoms with Crippen LogP contribution in [0.25, 0.3) is 0 Å². The fourth-order valence-electron chi connectivity index (χ4n) is 7.67. The van der Waals surface area contributed by atoms with Gasteiger partial charge in [0.05, 0.1) is 39.3 Å². The highest BCUT2D eigenvalue weighted by atomic mass is 35.8. The first-order valence-electron chi connectivity index (χ1n) is 22.0. The smallest absolute Gasteiger partial charge is 1.00 e. The average molecular weight is 1080 g/mol. The molecule has 5 rings (SSSR count). The number of carboxylic acids is 2. The van der Waals surface area contributed by atoms with Crippen LogP contribution in [0.4, 0.5) is 3.52 Å². The molecule has 5 aliphatic rings. The molecule has 0 aromatic carbocycles. The Balaban J connectivity index is 0.000000434. The van der Waals surface area contributed by atoms with E-state index in [2.05, 4.69) is 18.2 Å². The quantitative estimate of drug-likeness (QED) is 0.0930. The standard InChI is InChI=1S/2C19H31N5O7.2Al.3ClH.2FH/c2*1-14-10-16(26)24(19(14)31)3-2-20-15(25)11-21-4-6-22(12-17(27)28)8-9-23(7-5-21)13-18(29)30;;;;;;;/h2*14H,2-13H2,1H3,(H,20,25)(H,27,28)(H,29,30);;;5*1H/q;;2*+3;;;;;/p-7/i;;;;;;;2*1-1. The Bertz CT molecular complexity index is 1750. The van der Waals surface area contributed by atoms with Gasteiger partial charge in [-0.3, -0.25) is 87.1 Å². The molecule has 4 N–H and O–H groups in total. The van der Waals surface area contributed by atoms with E-state index in [0.29, 0.717) is 78.5 Å². The summed E-state index contributed by atoms with van der Waals surface area (Å²) in [4.78, 5) is 132. The zero-order chi connectivity index (χ0) is 50.5. The topological polar surface area (TPSA) is 280 Å². The molecule has 5 fully saturated rings. The Hall–Kier alpha value is -3.35. The molecule has 0 aromatic rings. The number of imide groups is 2. The summed E-state index contributed by atoms with van der Waals surface area (Å²) in [7, 11) is 14.8. The second kappa shape index (κ2) is 31.9. The van der Waals surface area contributed by atoms with Gasteiger partial charge in [0, 0.05) is 129 Å². The van der Waals surface area contributed by atoms with Crippen LogP contribution in [0, 0.1) is 11.8 Å². The lowest BCUT2D eigenvalue weighted by Gasteiger charge is -2.25. The van der Waals surface area contributed by atoms with Gasteiger partial charge in [0.25, 0.3) is 11.9 Å². The van der Waals surface area contributed by atoms with Gasteiger partial charge in [-0.15, -0.1) is 0 Å². The molecular formula is C38H60Al2Cl3F2N10O14-. The van der Waals surface area contributed by atoms with Crippen LogP contribution < -0.4 is 15.3 Å². The third kappa shape index (κ3) is 24.1. The lowest BCUT2D eigenvalue weighted by molar-refractivity contribution is -0.143. The normalized spacial score (nSPS) is 23.7. The Kier molecular flexibility index (Phi) is 28.5. The molecule has 0 radical (unpaired) electrons. The zero-order valence-corrected chi connectivity index (χ0v) is 43.1. The van der Waals surface area contributed by atoms with Crippen molar-refractivity contribution in [2.24, 2.45) is 11.8 Å². The molecule has 388 valence electrons. The van der Waals surface area contributed by atoms with Gasteiger partial charge in [0.1, 0.15) is 0 Å². The fraction of sp³-hybridized carbons (Fsp3) is 0.737. The number of amides is 6. The summed E-state index contributed by atoms with van der Waals surface area (Å²) in [6.45, 7) is 9.06. The predicted molar refractivity (Wildman–Crippen MR) is 243 cm³/mol. The van der Waals surface area contributed by atoms with Crippen molar-refractivity contribution in [3.05, 3.63) is 0 Å². The lowest BCUT2D eigenvalue weighted by atomic mass is 10.1. The molecule has 5 aliphatic heterocycles. The van der Waals surface area contributed by atoms with Crippen molar-refractivity contribution >= 4 is 116 Å². The number of carbonyl (C=O) groups excluding carboxylic acids is 8. The van der Waals surface area contributed by atoms with Crippen molar-refractivity contribution < 1.29 is 74.0 Å². The molecular weight excluding hydrogens is 1020 g/mol. The van der Waals surface area contributed by atoms with Gasteiger partial charge in [0.15, 0.2) is 0 Å². The number of hydrogen-bond donors (Lipinski definition) is 4. The van der Waals surface area contributed by atoms with Crippen LogP contribution in [-0.4, -0.2) is 279 Å². The number of nitrogens with zero attached hydrogens (tertiary/aromatic N) is 8. The van der Waals surface area contributed by atoms with E-state index in [0.717, 1.165) is 0 Å². The molecule has 31 heteroatoms.